The molecule has 54 heavy (non-hydrogen) atoms. The Kier molecular flexibility index (Phi) is 10.4. The molecule has 4 heteroatoms. The molecule has 0 amide bonds. The summed E-state index contributed by atoms with van der Waals surface area (Å²) >= 11 is 0. The third-order valence-electron chi connectivity index (χ3n) is 10.9. The smallest absolute Gasteiger partial charge is 0.258 e. The van der Waals surface area contributed by atoms with Gasteiger partial charge in [0.15, 0.2) is 0 Å². The van der Waals surface area contributed by atoms with Crippen LogP contribution in [0.3, 0.4) is 0 Å². The molecule has 5 aromatic carbocycles. The average Bonchev–Trinajstić information content (AvgIpc) is 3.23. The summed E-state index contributed by atoms with van der Waals surface area (Å²) in [7, 11) is 0. The molecule has 2 aliphatic carbocycles. The van der Waals surface area contributed by atoms with Crippen LogP contribution in [0.5, 0.6) is 0 Å². The molecule has 2 saturated carbocycles. The van der Waals surface area contributed by atoms with Crippen LogP contribution in [-0.4, -0.2) is 9.13 Å². The summed E-state index contributed by atoms with van der Waals surface area (Å²) in [5, 5.41) is 6.26. The second-order valence-corrected chi connectivity index (χ2v) is 14.4. The van der Waals surface area contributed by atoms with Gasteiger partial charge in [0, 0.05) is 66.2 Å². The quantitative estimate of drug-likeness (QED) is 0.180. The Morgan fingerprint density at radius 3 is 1.02 bits per heavy atom. The Bertz CT molecular complexity index is 2450. The van der Waals surface area contributed by atoms with Gasteiger partial charge < -0.3 is 9.13 Å². The standard InChI is InChI=1S/C50H42N2O2/c53-49-43-29-31-44(32-30-43)50(54)52(46-17-5-2-6-18-46)48-35-23-38(24-36-48)20-26-40-12-8-10-14-42(40)28-27-41-13-9-7-11-39(41)25-19-37-21-33-47(34-22-37)51(49)45-15-3-1-4-16-45/h7-14,21-24,29-36,45-46H,1-6,15-18H2. The molecule has 6 bridgehead atoms. The Hall–Kier alpha value is -6.28. The van der Waals surface area contributed by atoms with Crippen LogP contribution in [0.25, 0.3) is 54.1 Å². The minimum atomic E-state index is -0.0453. The number of fused-ring (bicyclic) bond motifs is 1. The van der Waals surface area contributed by atoms with E-state index in [0.29, 0.717) is 10.8 Å². The molecule has 10 aromatic rings. The summed E-state index contributed by atoms with van der Waals surface area (Å²) in [5.41, 5.74) is 1.63. The zero-order valence-corrected chi connectivity index (χ0v) is 30.5. The lowest BCUT2D eigenvalue weighted by molar-refractivity contribution is 0.355. The van der Waals surface area contributed by atoms with E-state index in [9.17, 15) is 9.59 Å². The molecular weight excluding hydrogens is 661 g/mol. The summed E-state index contributed by atoms with van der Waals surface area (Å²) in [5.74, 6) is 0. The van der Waals surface area contributed by atoms with E-state index in [-0.39, 0.29) is 23.2 Å². The van der Waals surface area contributed by atoms with E-state index >= 15 is 0 Å². The lowest BCUT2D eigenvalue weighted by atomic mass is 9.95. The first-order valence-electron chi connectivity index (χ1n) is 19.3. The summed E-state index contributed by atoms with van der Waals surface area (Å²) in [6, 6.07) is 59.4. The van der Waals surface area contributed by atoms with E-state index in [4.69, 9.17) is 0 Å². The molecule has 2 aliphatic rings. The van der Waals surface area contributed by atoms with E-state index in [2.05, 4.69) is 36.4 Å². The van der Waals surface area contributed by atoms with Crippen molar-refractivity contribution in [2.24, 2.45) is 0 Å². The van der Waals surface area contributed by atoms with Gasteiger partial charge in [-0.3, -0.25) is 9.59 Å². The normalized spacial score (nSPS) is 14.6. The van der Waals surface area contributed by atoms with Crippen molar-refractivity contribution in [2.45, 2.75) is 76.3 Å². The molecule has 0 spiro atoms. The first-order chi connectivity index (χ1) is 26.6. The summed E-state index contributed by atoms with van der Waals surface area (Å²) in [4.78, 5) is 28.7. The predicted molar refractivity (Wildman–Crippen MR) is 221 cm³/mol. The van der Waals surface area contributed by atoms with Crippen LogP contribution in [0.4, 0.5) is 0 Å². The highest BCUT2D eigenvalue weighted by atomic mass is 16.1. The minimum absolute atomic E-state index is 0.0453. The van der Waals surface area contributed by atoms with Gasteiger partial charge in [-0.05, 0) is 123 Å². The second-order valence-electron chi connectivity index (χ2n) is 14.4. The Morgan fingerprint density at radius 2 is 0.685 bits per heavy atom. The molecule has 0 atom stereocenters. The molecule has 5 heterocycles. The zero-order valence-electron chi connectivity index (χ0n) is 30.5. The monoisotopic (exact) mass is 702 g/mol. The average molecular weight is 703 g/mol. The third-order valence-corrected chi connectivity index (χ3v) is 10.9. The van der Waals surface area contributed by atoms with Crippen molar-refractivity contribution in [1.82, 2.24) is 9.13 Å². The number of hydrogen-bond acceptors (Lipinski definition) is 2. The fraction of sp³-hybridized carbons (Fsp3) is 0.240. The van der Waals surface area contributed by atoms with Crippen LogP contribution in [0, 0.1) is 36.4 Å². The van der Waals surface area contributed by atoms with Gasteiger partial charge >= 0.3 is 0 Å². The minimum Gasteiger partial charge on any atom is -0.305 e. The second kappa shape index (κ2) is 16.2. The third kappa shape index (κ3) is 7.74. The lowest BCUT2D eigenvalue weighted by Gasteiger charge is -2.24. The van der Waals surface area contributed by atoms with Crippen molar-refractivity contribution in [3.8, 4) is 0 Å². The fourth-order valence-electron chi connectivity index (χ4n) is 7.93. The van der Waals surface area contributed by atoms with Crippen molar-refractivity contribution in [1.29, 1.82) is 0 Å². The number of hydrogen-bond donors (Lipinski definition) is 0. The van der Waals surface area contributed by atoms with Crippen LogP contribution < -0.4 is 11.1 Å². The van der Waals surface area contributed by atoms with E-state index in [1.165, 1.54) is 12.8 Å². The fourth-order valence-corrected chi connectivity index (χ4v) is 7.93. The molecule has 0 aliphatic heterocycles. The van der Waals surface area contributed by atoms with E-state index in [1.807, 2.05) is 130 Å². The molecule has 0 unspecified atom stereocenters. The molecule has 264 valence electrons. The largest absolute Gasteiger partial charge is 0.305 e. The van der Waals surface area contributed by atoms with Gasteiger partial charge in [0.1, 0.15) is 0 Å². The molecule has 0 radical (unpaired) electrons. The van der Waals surface area contributed by atoms with Crippen LogP contribution in [0.15, 0.2) is 131 Å². The van der Waals surface area contributed by atoms with Gasteiger partial charge in [-0.2, -0.15) is 0 Å². The highest BCUT2D eigenvalue weighted by Gasteiger charge is 2.19. The Balaban J connectivity index is 1.40. The highest BCUT2D eigenvalue weighted by molar-refractivity contribution is 5.81. The van der Waals surface area contributed by atoms with E-state index in [1.54, 1.807) is 0 Å². The van der Waals surface area contributed by atoms with Gasteiger partial charge in [0.05, 0.1) is 0 Å². The number of rotatable bonds is 2. The first-order valence-corrected chi connectivity index (χ1v) is 19.3. The van der Waals surface area contributed by atoms with Gasteiger partial charge in [-0.15, -0.1) is 0 Å². The van der Waals surface area contributed by atoms with Gasteiger partial charge in [-0.1, -0.05) is 99.2 Å². The highest BCUT2D eigenvalue weighted by Crippen LogP contribution is 2.29. The predicted octanol–water partition coefficient (Wildman–Crippen LogP) is 11.5. The topological polar surface area (TPSA) is 44.0 Å². The van der Waals surface area contributed by atoms with E-state index < -0.39 is 0 Å². The summed E-state index contributed by atoms with van der Waals surface area (Å²) in [6.07, 6.45) is 10.6. The van der Waals surface area contributed by atoms with Crippen LogP contribution >= 0.6 is 0 Å². The van der Waals surface area contributed by atoms with Crippen molar-refractivity contribution < 1.29 is 0 Å². The van der Waals surface area contributed by atoms with Crippen molar-refractivity contribution in [3.63, 3.8) is 0 Å². The van der Waals surface area contributed by atoms with Gasteiger partial charge in [0.2, 0.25) is 0 Å². The Labute approximate surface area is 317 Å². The van der Waals surface area contributed by atoms with Crippen LogP contribution in [0.2, 0.25) is 0 Å². The number of aromatic nitrogens is 2. The van der Waals surface area contributed by atoms with Crippen LogP contribution in [0.1, 0.15) is 76.3 Å². The van der Waals surface area contributed by atoms with Crippen molar-refractivity contribution >= 4 is 54.1 Å². The summed E-state index contributed by atoms with van der Waals surface area (Å²) in [6.45, 7) is 0. The number of nitrogens with zero attached hydrogens (tertiary/aromatic N) is 2. The number of benzene rings is 5. The SMILES string of the molecule is O=c1c2ccc(cc2)c(=O)n(C2CCCCC2)c2ccc(c#cc3ccccc3c#cc3ccccc3c#cc3ccc(cc3)n1C1CCCCC1)cc2. The maximum Gasteiger partial charge on any atom is 0.258 e. The summed E-state index contributed by atoms with van der Waals surface area (Å²) < 4.78 is 3.94. The molecule has 12 rings (SSSR count). The molecule has 5 aromatic heterocycles. The van der Waals surface area contributed by atoms with Crippen LogP contribution in [-0.2, 0) is 0 Å². The van der Waals surface area contributed by atoms with Crippen molar-refractivity contribution in [3.05, 3.63) is 178 Å². The molecule has 0 N–H and O–H groups in total. The maximum atomic E-state index is 14.4. The molecule has 0 saturated heterocycles. The first kappa shape index (κ1) is 34.8. The molecule has 2 fully saturated rings. The zero-order chi connectivity index (χ0) is 36.7. The van der Waals surface area contributed by atoms with Gasteiger partial charge in [-0.25, -0.2) is 0 Å². The molecule has 4 nitrogen and oxygen atoms in total. The lowest BCUT2D eigenvalue weighted by Crippen LogP contribution is -2.26. The van der Waals surface area contributed by atoms with Crippen molar-refractivity contribution in [2.75, 3.05) is 0 Å². The Morgan fingerprint density at radius 1 is 0.370 bits per heavy atom. The maximum absolute atomic E-state index is 14.4. The van der Waals surface area contributed by atoms with E-state index in [0.717, 1.165) is 94.7 Å². The van der Waals surface area contributed by atoms with Gasteiger partial charge in [0.25, 0.3) is 11.1 Å². The molecular formula is C50H42N2O2.